The van der Waals surface area contributed by atoms with Gasteiger partial charge in [0.15, 0.2) is 0 Å². The third-order valence-electron chi connectivity index (χ3n) is 8.25. The maximum atomic E-state index is 6.27. The van der Waals surface area contributed by atoms with Gasteiger partial charge in [0.2, 0.25) is 0 Å². The average Bonchev–Trinajstić information content (AvgIpc) is 3.59. The molecule has 1 atom stereocenters. The third kappa shape index (κ3) is 3.65. The van der Waals surface area contributed by atoms with E-state index in [1.165, 1.54) is 16.7 Å². The van der Waals surface area contributed by atoms with Crippen LogP contribution in [0.4, 0.5) is 0 Å². The number of para-hydroxylation sites is 3. The van der Waals surface area contributed by atoms with Crippen LogP contribution in [0.25, 0.3) is 66.1 Å². The Balaban J connectivity index is 1.07. The van der Waals surface area contributed by atoms with Gasteiger partial charge in [-0.2, -0.15) is 0 Å². The Hall–Kier alpha value is -5.08. The number of benzene rings is 6. The smallest absolute Gasteiger partial charge is 0.143 e. The van der Waals surface area contributed by atoms with Gasteiger partial charge < -0.3 is 8.83 Å². The highest BCUT2D eigenvalue weighted by Crippen LogP contribution is 2.37. The molecule has 190 valence electrons. The van der Waals surface area contributed by atoms with Crippen LogP contribution in [0.2, 0.25) is 0 Å². The van der Waals surface area contributed by atoms with E-state index in [2.05, 4.69) is 116 Å². The predicted octanol–water partition coefficient (Wildman–Crippen LogP) is 11.0. The summed E-state index contributed by atoms with van der Waals surface area (Å²) >= 11 is 0. The van der Waals surface area contributed by atoms with Crippen molar-refractivity contribution in [3.8, 4) is 22.3 Å². The van der Waals surface area contributed by atoms with Crippen LogP contribution >= 0.6 is 0 Å². The van der Waals surface area contributed by atoms with Crippen LogP contribution in [-0.2, 0) is 0 Å². The zero-order valence-electron chi connectivity index (χ0n) is 22.1. The molecule has 0 aliphatic rings. The maximum absolute atomic E-state index is 6.27. The van der Waals surface area contributed by atoms with Crippen LogP contribution in [0.5, 0.6) is 0 Å². The molecule has 0 amide bonds. The van der Waals surface area contributed by atoms with E-state index in [1.807, 2.05) is 24.3 Å². The van der Waals surface area contributed by atoms with Crippen molar-refractivity contribution in [3.63, 3.8) is 0 Å². The molecule has 8 aromatic rings. The van der Waals surface area contributed by atoms with E-state index < -0.39 is 0 Å². The summed E-state index contributed by atoms with van der Waals surface area (Å²) in [6, 6.07) is 47.2. The normalized spacial score (nSPS) is 12.5. The molecule has 0 aliphatic carbocycles. The second-order valence-electron chi connectivity index (χ2n) is 10.6. The van der Waals surface area contributed by atoms with Crippen LogP contribution in [0, 0.1) is 0 Å². The maximum Gasteiger partial charge on any atom is 0.143 e. The molecule has 2 heterocycles. The molecule has 0 aliphatic heterocycles. The van der Waals surface area contributed by atoms with Gasteiger partial charge in [-0.15, -0.1) is 0 Å². The van der Waals surface area contributed by atoms with E-state index in [0.717, 1.165) is 60.6 Å². The predicted molar refractivity (Wildman–Crippen MR) is 166 cm³/mol. The van der Waals surface area contributed by atoms with Gasteiger partial charge in [-0.1, -0.05) is 116 Å². The first-order valence-corrected chi connectivity index (χ1v) is 13.8. The summed E-state index contributed by atoms with van der Waals surface area (Å²) < 4.78 is 12.4. The van der Waals surface area contributed by atoms with Crippen molar-refractivity contribution in [3.05, 3.63) is 145 Å². The molecule has 0 fully saturated rings. The Morgan fingerprint density at radius 3 is 1.70 bits per heavy atom. The molecule has 0 spiro atoms. The minimum absolute atomic E-state index is 0.281. The number of furan rings is 2. The van der Waals surface area contributed by atoms with Crippen LogP contribution < -0.4 is 0 Å². The molecular weight excluding hydrogens is 488 g/mol. The molecule has 6 aromatic carbocycles. The molecule has 0 radical (unpaired) electrons. The molecule has 0 saturated carbocycles. The molecule has 0 bridgehead atoms. The minimum atomic E-state index is 0.281. The average molecular weight is 515 g/mol. The largest absolute Gasteiger partial charge is 0.456 e. The van der Waals surface area contributed by atoms with Gasteiger partial charge in [0, 0.05) is 33.0 Å². The molecule has 8 rings (SSSR count). The van der Waals surface area contributed by atoms with Crippen molar-refractivity contribution in [2.75, 3.05) is 0 Å². The highest BCUT2D eigenvalue weighted by molar-refractivity contribution is 6.09. The second-order valence-corrected chi connectivity index (χ2v) is 10.6. The summed E-state index contributed by atoms with van der Waals surface area (Å²) in [5.74, 6) is 0.281. The Kier molecular flexibility index (Phi) is 5.14. The van der Waals surface area contributed by atoms with Crippen molar-refractivity contribution >= 4 is 43.9 Å². The van der Waals surface area contributed by atoms with Crippen molar-refractivity contribution < 1.29 is 8.83 Å². The number of hydrogen-bond acceptors (Lipinski definition) is 2. The second kappa shape index (κ2) is 9.00. The Bertz CT molecular complexity index is 2160. The van der Waals surface area contributed by atoms with E-state index in [4.69, 9.17) is 8.83 Å². The monoisotopic (exact) mass is 514 g/mol. The van der Waals surface area contributed by atoms with E-state index >= 15 is 0 Å². The van der Waals surface area contributed by atoms with Crippen molar-refractivity contribution in [2.24, 2.45) is 0 Å². The Morgan fingerprint density at radius 1 is 0.425 bits per heavy atom. The molecule has 40 heavy (non-hydrogen) atoms. The molecular formula is C38H26O2. The van der Waals surface area contributed by atoms with Crippen molar-refractivity contribution in [1.82, 2.24) is 0 Å². The molecule has 2 heteroatoms. The fourth-order valence-electron chi connectivity index (χ4n) is 5.99. The number of rotatable bonds is 4. The summed E-state index contributed by atoms with van der Waals surface area (Å²) in [5, 5.41) is 4.63. The highest BCUT2D eigenvalue weighted by Gasteiger charge is 2.14. The van der Waals surface area contributed by atoms with Crippen molar-refractivity contribution in [1.29, 1.82) is 0 Å². The van der Waals surface area contributed by atoms with Crippen LogP contribution in [0.1, 0.15) is 24.0 Å². The molecule has 0 saturated heterocycles. The molecule has 0 N–H and O–H groups in total. The highest BCUT2D eigenvalue weighted by atomic mass is 16.3. The summed E-state index contributed by atoms with van der Waals surface area (Å²) in [5.41, 5.74) is 10.9. The third-order valence-corrected chi connectivity index (χ3v) is 8.25. The van der Waals surface area contributed by atoms with E-state index in [9.17, 15) is 0 Å². The Labute approximate surface area is 232 Å². The fraction of sp³-hybridized carbons (Fsp3) is 0.0526. The van der Waals surface area contributed by atoms with Gasteiger partial charge in [0.25, 0.3) is 0 Å². The van der Waals surface area contributed by atoms with Crippen molar-refractivity contribution in [2.45, 2.75) is 12.8 Å². The first kappa shape index (κ1) is 22.9. The summed E-state index contributed by atoms with van der Waals surface area (Å²) in [6.07, 6.45) is 0. The fourth-order valence-corrected chi connectivity index (χ4v) is 5.99. The number of hydrogen-bond donors (Lipinski definition) is 0. The SMILES string of the molecule is CC(c1ccc(-c2ccc3c(c2)oc2ccccc23)cc1)c1ccc(-c2cccc3c2oc2ccccc23)cc1. The van der Waals surface area contributed by atoms with Crippen LogP contribution in [0.15, 0.2) is 142 Å². The Morgan fingerprint density at radius 2 is 0.975 bits per heavy atom. The van der Waals surface area contributed by atoms with Gasteiger partial charge in [-0.3, -0.25) is 0 Å². The summed E-state index contributed by atoms with van der Waals surface area (Å²) in [7, 11) is 0. The molecule has 2 nitrogen and oxygen atoms in total. The number of fused-ring (bicyclic) bond motifs is 6. The van der Waals surface area contributed by atoms with E-state index in [0.29, 0.717) is 0 Å². The van der Waals surface area contributed by atoms with Gasteiger partial charge >= 0.3 is 0 Å². The van der Waals surface area contributed by atoms with E-state index in [-0.39, 0.29) is 5.92 Å². The van der Waals surface area contributed by atoms with Gasteiger partial charge in [0.05, 0.1) is 0 Å². The molecule has 2 aromatic heterocycles. The van der Waals surface area contributed by atoms with E-state index in [1.54, 1.807) is 0 Å². The lowest BCUT2D eigenvalue weighted by Crippen LogP contribution is -1.96. The van der Waals surface area contributed by atoms with Crippen LogP contribution in [-0.4, -0.2) is 0 Å². The van der Waals surface area contributed by atoms with Gasteiger partial charge in [-0.25, -0.2) is 0 Å². The lowest BCUT2D eigenvalue weighted by Gasteiger charge is -2.14. The quantitative estimate of drug-likeness (QED) is 0.233. The summed E-state index contributed by atoms with van der Waals surface area (Å²) in [6.45, 7) is 2.27. The van der Waals surface area contributed by atoms with Gasteiger partial charge in [0.1, 0.15) is 22.3 Å². The summed E-state index contributed by atoms with van der Waals surface area (Å²) in [4.78, 5) is 0. The van der Waals surface area contributed by atoms with Gasteiger partial charge in [-0.05, 0) is 52.1 Å². The first-order valence-electron chi connectivity index (χ1n) is 13.8. The minimum Gasteiger partial charge on any atom is -0.456 e. The first-order chi connectivity index (χ1) is 19.7. The lowest BCUT2D eigenvalue weighted by atomic mass is 9.90. The van der Waals surface area contributed by atoms with Crippen LogP contribution in [0.3, 0.4) is 0 Å². The zero-order valence-corrected chi connectivity index (χ0v) is 22.1. The zero-order chi connectivity index (χ0) is 26.6. The lowest BCUT2D eigenvalue weighted by molar-refractivity contribution is 0.669. The molecule has 1 unspecified atom stereocenters. The standard InChI is InChI=1S/C38H26O2/c1-24(25-13-17-27(18-14-25)29-21-22-33-31-7-2-4-11-35(31)39-37(33)23-29)26-15-19-28(20-16-26)30-9-6-10-34-32-8-3-5-12-36(32)40-38(30)34/h2-24H,1H3. The topological polar surface area (TPSA) is 26.3 Å².